The van der Waals surface area contributed by atoms with Crippen molar-refractivity contribution in [3.8, 4) is 0 Å². The van der Waals surface area contributed by atoms with Gasteiger partial charge in [-0.3, -0.25) is 4.79 Å². The molecule has 2 aromatic rings. The number of allylic oxidation sites excluding steroid dienone is 1. The largest absolute Gasteiger partial charge is 0.525 e. The molecule has 0 saturated heterocycles. The summed E-state index contributed by atoms with van der Waals surface area (Å²) in [5.41, 5.74) is -5.43. The second kappa shape index (κ2) is 8.94. The summed E-state index contributed by atoms with van der Waals surface area (Å²) in [5.74, 6) is -1.86. The highest BCUT2D eigenvalue weighted by Crippen LogP contribution is 2.61. The molecule has 0 radical (unpaired) electrons. The summed E-state index contributed by atoms with van der Waals surface area (Å²) in [6, 6.07) is 12.0. The van der Waals surface area contributed by atoms with Gasteiger partial charge in [0.2, 0.25) is 0 Å². The summed E-state index contributed by atoms with van der Waals surface area (Å²) < 4.78 is 108. The lowest BCUT2D eigenvalue weighted by Gasteiger charge is -2.54. The number of ether oxygens (including phenoxy) is 2. The quantitative estimate of drug-likeness (QED) is 0.200. The first-order valence-corrected chi connectivity index (χ1v) is 10.0. The van der Waals surface area contributed by atoms with Crippen LogP contribution in [0.3, 0.4) is 0 Å². The van der Waals surface area contributed by atoms with E-state index in [-0.39, 0.29) is 5.56 Å². The van der Waals surface area contributed by atoms with Crippen LogP contribution in [0.25, 0.3) is 5.57 Å². The number of hydrogen-bond acceptors (Lipinski definition) is 4. The molecule has 0 aromatic heterocycles. The molecule has 13 heteroatoms. The van der Waals surface area contributed by atoms with Crippen LogP contribution in [0.15, 0.2) is 65.8 Å². The van der Waals surface area contributed by atoms with Crippen molar-refractivity contribution in [3.63, 3.8) is 0 Å². The first-order valence-electron chi connectivity index (χ1n) is 9.27. The van der Waals surface area contributed by atoms with Gasteiger partial charge in [-0.05, 0) is 11.1 Å². The van der Waals surface area contributed by atoms with Crippen LogP contribution in [-0.4, -0.2) is 42.0 Å². The van der Waals surface area contributed by atoms with Crippen LogP contribution in [0.1, 0.15) is 11.1 Å². The van der Waals surface area contributed by atoms with Crippen LogP contribution in [0, 0.1) is 0 Å². The van der Waals surface area contributed by atoms with Crippen molar-refractivity contribution < 1.29 is 45.0 Å². The molecule has 4 nitrogen and oxygen atoms in total. The molecule has 0 fully saturated rings. The first-order chi connectivity index (χ1) is 15.7. The Morgan fingerprint density at radius 3 is 1.91 bits per heavy atom. The van der Waals surface area contributed by atoms with Gasteiger partial charge in [0.1, 0.15) is 5.16 Å². The number of carbonyl (C=O) groups excluding carboxylic acids is 1. The minimum absolute atomic E-state index is 0.246. The minimum Gasteiger partial charge on any atom is -0.468 e. The molecule has 2 aromatic carbocycles. The molecular formula is C21H14Cl2F7NO3. The number of methoxy groups -OCH3 is 1. The van der Waals surface area contributed by atoms with E-state index in [1.165, 1.54) is 24.3 Å². The molecule has 0 spiro atoms. The predicted octanol–water partition coefficient (Wildman–Crippen LogP) is 6.31. The number of esters is 1. The van der Waals surface area contributed by atoms with E-state index in [9.17, 15) is 31.1 Å². The molecule has 3 atom stereocenters. The maximum Gasteiger partial charge on any atom is 0.525 e. The fourth-order valence-corrected chi connectivity index (χ4v) is 4.88. The van der Waals surface area contributed by atoms with E-state index in [4.69, 9.17) is 23.2 Å². The van der Waals surface area contributed by atoms with Crippen molar-refractivity contribution in [1.29, 1.82) is 0 Å². The number of nitrogens with zero attached hydrogens (tertiary/aromatic N) is 1. The zero-order chi connectivity index (χ0) is 25.5. The summed E-state index contributed by atoms with van der Waals surface area (Å²) in [6.45, 7) is 0. The fourth-order valence-electron chi connectivity index (χ4n) is 3.87. The van der Waals surface area contributed by atoms with E-state index in [1.54, 1.807) is 0 Å². The van der Waals surface area contributed by atoms with Crippen LogP contribution in [-0.2, 0) is 19.7 Å². The van der Waals surface area contributed by atoms with Crippen molar-refractivity contribution in [3.05, 3.63) is 76.9 Å². The molecule has 184 valence electrons. The third kappa shape index (κ3) is 4.09. The van der Waals surface area contributed by atoms with E-state index >= 15 is 4.39 Å². The Hall–Kier alpha value is -2.50. The van der Waals surface area contributed by atoms with Crippen molar-refractivity contribution >= 4 is 34.7 Å². The van der Waals surface area contributed by atoms with Gasteiger partial charge in [-0.1, -0.05) is 83.9 Å². The van der Waals surface area contributed by atoms with Gasteiger partial charge in [0.25, 0.3) is 5.18 Å². The standard InChI is InChI=1S/C21H14Cl2F7NO3/c1-33-17(32)18(13-10-6-3-7-11-13)15(24)14(12-8-4-2-5-9-12)16(22)31(20(25,26)27)19(18,23)34-21(28,29)30/h2-11,15H,1H3. The minimum atomic E-state index is -5.87. The third-order valence-corrected chi connectivity index (χ3v) is 6.07. The van der Waals surface area contributed by atoms with E-state index < -0.39 is 56.6 Å². The van der Waals surface area contributed by atoms with Gasteiger partial charge in [0, 0.05) is 5.57 Å². The summed E-state index contributed by atoms with van der Waals surface area (Å²) in [6.07, 6.45) is -14.6. The third-order valence-electron chi connectivity index (χ3n) is 5.15. The molecule has 0 saturated carbocycles. The van der Waals surface area contributed by atoms with E-state index in [1.807, 2.05) is 0 Å². The van der Waals surface area contributed by atoms with Gasteiger partial charge in [-0.2, -0.15) is 0 Å². The predicted molar refractivity (Wildman–Crippen MR) is 108 cm³/mol. The Balaban J connectivity index is 2.56. The van der Waals surface area contributed by atoms with Crippen molar-refractivity contribution in [2.24, 2.45) is 0 Å². The van der Waals surface area contributed by atoms with E-state index in [0.29, 0.717) is 7.11 Å². The number of benzene rings is 2. The van der Waals surface area contributed by atoms with E-state index in [0.717, 1.165) is 36.4 Å². The van der Waals surface area contributed by atoms with Crippen LogP contribution in [0.2, 0.25) is 0 Å². The number of rotatable bonds is 4. The van der Waals surface area contributed by atoms with Crippen molar-refractivity contribution in [2.45, 2.75) is 29.4 Å². The lowest BCUT2D eigenvalue weighted by Crippen LogP contribution is -2.73. The Labute approximate surface area is 198 Å². The van der Waals surface area contributed by atoms with E-state index in [2.05, 4.69) is 9.47 Å². The second-order valence-corrected chi connectivity index (χ2v) is 7.88. The molecule has 34 heavy (non-hydrogen) atoms. The van der Waals surface area contributed by atoms with Crippen molar-refractivity contribution in [2.75, 3.05) is 7.11 Å². The molecule has 1 aliphatic rings. The van der Waals surface area contributed by atoms with Crippen LogP contribution < -0.4 is 0 Å². The molecular weight excluding hydrogens is 518 g/mol. The topological polar surface area (TPSA) is 38.8 Å². The molecule has 1 aliphatic heterocycles. The first kappa shape index (κ1) is 26.1. The second-order valence-electron chi connectivity index (χ2n) is 7.01. The average molecular weight is 532 g/mol. The van der Waals surface area contributed by atoms with Crippen molar-refractivity contribution in [1.82, 2.24) is 4.90 Å². The van der Waals surface area contributed by atoms with Gasteiger partial charge in [-0.25, -0.2) is 14.0 Å². The van der Waals surface area contributed by atoms with Crippen LogP contribution in [0.5, 0.6) is 0 Å². The summed E-state index contributed by atoms with van der Waals surface area (Å²) in [5, 5.41) is -5.88. The normalized spacial score (nSPS) is 25.9. The molecule has 0 N–H and O–H groups in total. The molecule has 3 unspecified atom stereocenters. The Kier molecular flexibility index (Phi) is 6.86. The Morgan fingerprint density at radius 1 is 0.971 bits per heavy atom. The molecule has 0 aliphatic carbocycles. The summed E-state index contributed by atoms with van der Waals surface area (Å²) in [7, 11) is 0.657. The van der Waals surface area contributed by atoms with Crippen LogP contribution in [0.4, 0.5) is 30.7 Å². The lowest BCUT2D eigenvalue weighted by molar-refractivity contribution is -0.409. The number of halogens is 9. The smallest absolute Gasteiger partial charge is 0.468 e. The maximum atomic E-state index is 16.5. The van der Waals surface area contributed by atoms with Gasteiger partial charge in [-0.15, -0.1) is 26.3 Å². The fraction of sp³-hybridized carbons (Fsp3) is 0.286. The molecule has 3 rings (SSSR count). The average Bonchev–Trinajstić information content (AvgIpc) is 2.72. The zero-order valence-corrected chi connectivity index (χ0v) is 18.4. The number of carbonyl (C=O) groups is 1. The van der Waals surface area contributed by atoms with Gasteiger partial charge >= 0.3 is 18.6 Å². The monoisotopic (exact) mass is 531 g/mol. The van der Waals surface area contributed by atoms with Gasteiger partial charge in [0.15, 0.2) is 11.6 Å². The molecule has 0 bridgehead atoms. The highest BCUT2D eigenvalue weighted by atomic mass is 35.5. The summed E-state index contributed by atoms with van der Waals surface area (Å²) in [4.78, 5) is 12.0. The molecule has 0 amide bonds. The Bertz CT molecular complexity index is 1080. The number of alkyl halides is 8. The maximum absolute atomic E-state index is 16.5. The zero-order valence-electron chi connectivity index (χ0n) is 16.9. The SMILES string of the molecule is COC(=O)C1(c2ccccc2)C(F)C(c2ccccc2)=C(Cl)N(C(F)(F)F)C1(Cl)OC(F)(F)F. The van der Waals surface area contributed by atoms with Gasteiger partial charge < -0.3 is 4.74 Å². The number of hydrogen-bond donors (Lipinski definition) is 0. The highest BCUT2D eigenvalue weighted by molar-refractivity contribution is 6.35. The lowest BCUT2D eigenvalue weighted by atomic mass is 9.68. The summed E-state index contributed by atoms with van der Waals surface area (Å²) >= 11 is 11.9. The van der Waals surface area contributed by atoms with Gasteiger partial charge in [0.05, 0.1) is 7.11 Å². The molecule has 1 heterocycles. The van der Waals surface area contributed by atoms with Crippen LogP contribution >= 0.6 is 23.2 Å². The highest BCUT2D eigenvalue weighted by Gasteiger charge is 2.77. The Morgan fingerprint density at radius 2 is 1.47 bits per heavy atom.